The summed E-state index contributed by atoms with van der Waals surface area (Å²) >= 11 is 5.11. The van der Waals surface area contributed by atoms with Gasteiger partial charge in [-0.3, -0.25) is 4.79 Å². The van der Waals surface area contributed by atoms with E-state index in [4.69, 9.17) is 18.0 Å². The molecule has 2 rings (SSSR count). The van der Waals surface area contributed by atoms with Crippen LogP contribution in [0, 0.1) is 11.3 Å². The molecule has 0 spiro atoms. The summed E-state index contributed by atoms with van der Waals surface area (Å²) < 4.78 is 0. The van der Waals surface area contributed by atoms with E-state index in [1.165, 1.54) is 5.56 Å². The third-order valence-electron chi connectivity index (χ3n) is 4.06. The van der Waals surface area contributed by atoms with Crippen LogP contribution in [0.3, 0.4) is 0 Å². The van der Waals surface area contributed by atoms with Gasteiger partial charge in [-0.2, -0.15) is 0 Å². The van der Waals surface area contributed by atoms with Crippen molar-refractivity contribution in [3.05, 3.63) is 35.9 Å². The molecule has 1 fully saturated rings. The van der Waals surface area contributed by atoms with E-state index in [2.05, 4.69) is 24.4 Å². The highest BCUT2D eigenvalue weighted by Gasteiger charge is 2.50. The zero-order chi connectivity index (χ0) is 14.8. The van der Waals surface area contributed by atoms with E-state index < -0.39 is 5.41 Å². The zero-order valence-electron chi connectivity index (χ0n) is 12.1. The maximum Gasteiger partial charge on any atom is 0.233 e. The topological polar surface area (TPSA) is 55.1 Å². The molecule has 1 aliphatic carbocycles. The number of hydrogen-bond acceptors (Lipinski definition) is 2. The largest absolute Gasteiger partial charge is 0.392 e. The van der Waals surface area contributed by atoms with Gasteiger partial charge in [0.15, 0.2) is 0 Å². The second kappa shape index (κ2) is 5.92. The minimum atomic E-state index is -0.611. The minimum absolute atomic E-state index is 0.00784. The van der Waals surface area contributed by atoms with Crippen molar-refractivity contribution in [1.29, 1.82) is 0 Å². The lowest BCUT2D eigenvalue weighted by Gasteiger charge is -2.44. The van der Waals surface area contributed by atoms with Crippen molar-refractivity contribution in [3.8, 4) is 0 Å². The molecular formula is C16H22N2OS. The number of carbonyl (C=O) groups is 1. The van der Waals surface area contributed by atoms with Gasteiger partial charge in [-0.15, -0.1) is 0 Å². The Morgan fingerprint density at radius 3 is 2.55 bits per heavy atom. The Morgan fingerprint density at radius 2 is 2.05 bits per heavy atom. The second-order valence-electron chi connectivity index (χ2n) is 6.02. The normalized spacial score (nSPS) is 26.4. The van der Waals surface area contributed by atoms with Crippen LogP contribution in [-0.4, -0.2) is 16.9 Å². The van der Waals surface area contributed by atoms with E-state index >= 15 is 0 Å². The number of hydrogen-bond donors (Lipinski definition) is 2. The van der Waals surface area contributed by atoms with E-state index in [9.17, 15) is 4.79 Å². The number of rotatable bonds is 5. The van der Waals surface area contributed by atoms with Crippen molar-refractivity contribution in [1.82, 2.24) is 5.32 Å². The van der Waals surface area contributed by atoms with E-state index in [-0.39, 0.29) is 11.9 Å². The van der Waals surface area contributed by atoms with Gasteiger partial charge in [0.25, 0.3) is 0 Å². The predicted octanol–water partition coefficient (Wildman–Crippen LogP) is 2.44. The molecule has 108 valence electrons. The third kappa shape index (κ3) is 3.01. The monoisotopic (exact) mass is 290 g/mol. The predicted molar refractivity (Wildman–Crippen MR) is 85.4 cm³/mol. The van der Waals surface area contributed by atoms with Crippen LogP contribution in [0.4, 0.5) is 0 Å². The SMILES string of the molecule is CC1CC(C(=O)NC(C)Cc2ccccc2)(C(N)=S)C1. The van der Waals surface area contributed by atoms with Gasteiger partial charge in [-0.05, 0) is 37.7 Å². The highest BCUT2D eigenvalue weighted by atomic mass is 32.1. The zero-order valence-corrected chi connectivity index (χ0v) is 12.9. The van der Waals surface area contributed by atoms with Gasteiger partial charge in [0.05, 0.1) is 10.4 Å². The number of benzene rings is 1. The molecule has 0 heterocycles. The van der Waals surface area contributed by atoms with Crippen LogP contribution in [0.25, 0.3) is 0 Å². The second-order valence-corrected chi connectivity index (χ2v) is 6.46. The Morgan fingerprint density at radius 1 is 1.45 bits per heavy atom. The third-order valence-corrected chi connectivity index (χ3v) is 4.45. The van der Waals surface area contributed by atoms with Crippen molar-refractivity contribution in [2.75, 3.05) is 0 Å². The van der Waals surface area contributed by atoms with Crippen molar-refractivity contribution in [3.63, 3.8) is 0 Å². The number of nitrogens with two attached hydrogens (primary N) is 1. The Labute approximate surface area is 125 Å². The molecule has 4 heteroatoms. The Balaban J connectivity index is 1.95. The Hall–Kier alpha value is -1.42. The standard InChI is InChI=1S/C16H22N2OS/c1-11-9-16(10-11,14(17)20)15(19)18-12(2)8-13-6-4-3-5-7-13/h3-7,11-12H,8-10H2,1-2H3,(H2,17,20)(H,18,19). The first-order valence-corrected chi connectivity index (χ1v) is 7.49. The molecule has 0 saturated heterocycles. The van der Waals surface area contributed by atoms with Gasteiger partial charge >= 0.3 is 0 Å². The van der Waals surface area contributed by atoms with Crippen LogP contribution < -0.4 is 11.1 Å². The average Bonchev–Trinajstić information content (AvgIpc) is 2.35. The lowest BCUT2D eigenvalue weighted by molar-refractivity contribution is -0.133. The van der Waals surface area contributed by atoms with E-state index in [0.717, 1.165) is 19.3 Å². The van der Waals surface area contributed by atoms with E-state index in [1.54, 1.807) is 0 Å². The van der Waals surface area contributed by atoms with Crippen molar-refractivity contribution in [2.24, 2.45) is 17.1 Å². The van der Waals surface area contributed by atoms with Gasteiger partial charge in [-0.1, -0.05) is 49.5 Å². The first-order chi connectivity index (χ1) is 9.44. The molecule has 1 saturated carbocycles. The number of amides is 1. The summed E-state index contributed by atoms with van der Waals surface area (Å²) in [4.78, 5) is 12.8. The van der Waals surface area contributed by atoms with E-state index in [0.29, 0.717) is 10.9 Å². The maximum atomic E-state index is 12.5. The first kappa shape index (κ1) is 15.0. The quantitative estimate of drug-likeness (QED) is 0.819. The molecule has 1 aliphatic rings. The van der Waals surface area contributed by atoms with Crippen LogP contribution in [-0.2, 0) is 11.2 Å². The molecule has 0 radical (unpaired) electrons. The van der Waals surface area contributed by atoms with Gasteiger partial charge in [-0.25, -0.2) is 0 Å². The highest BCUT2D eigenvalue weighted by molar-refractivity contribution is 7.80. The van der Waals surface area contributed by atoms with Gasteiger partial charge in [0.2, 0.25) is 5.91 Å². The average molecular weight is 290 g/mol. The molecule has 3 nitrogen and oxygen atoms in total. The number of thiocarbonyl (C=S) groups is 1. The van der Waals surface area contributed by atoms with Gasteiger partial charge < -0.3 is 11.1 Å². The first-order valence-electron chi connectivity index (χ1n) is 7.09. The van der Waals surface area contributed by atoms with Gasteiger partial charge in [0, 0.05) is 6.04 Å². The van der Waals surface area contributed by atoms with Crippen LogP contribution >= 0.6 is 12.2 Å². The molecule has 1 atom stereocenters. The number of nitrogens with one attached hydrogen (secondary N) is 1. The lowest BCUT2D eigenvalue weighted by Crippen LogP contribution is -2.57. The fourth-order valence-corrected chi connectivity index (χ4v) is 3.27. The molecule has 0 aromatic heterocycles. The van der Waals surface area contributed by atoms with Crippen molar-refractivity contribution in [2.45, 2.75) is 39.2 Å². The maximum absolute atomic E-state index is 12.5. The smallest absolute Gasteiger partial charge is 0.233 e. The summed E-state index contributed by atoms with van der Waals surface area (Å²) in [5, 5.41) is 3.07. The van der Waals surface area contributed by atoms with Crippen LogP contribution in [0.1, 0.15) is 32.3 Å². The number of carbonyl (C=O) groups excluding carboxylic acids is 1. The molecule has 20 heavy (non-hydrogen) atoms. The summed E-state index contributed by atoms with van der Waals surface area (Å²) in [6.45, 7) is 4.14. The van der Waals surface area contributed by atoms with Crippen molar-refractivity contribution >= 4 is 23.1 Å². The molecule has 3 N–H and O–H groups in total. The van der Waals surface area contributed by atoms with E-state index in [1.807, 2.05) is 25.1 Å². The molecular weight excluding hydrogens is 268 g/mol. The Kier molecular flexibility index (Phi) is 4.43. The van der Waals surface area contributed by atoms with Crippen molar-refractivity contribution < 1.29 is 4.79 Å². The fourth-order valence-electron chi connectivity index (χ4n) is 3.01. The van der Waals surface area contributed by atoms with Crippen LogP contribution in [0.5, 0.6) is 0 Å². The molecule has 1 unspecified atom stereocenters. The summed E-state index contributed by atoms with van der Waals surface area (Å²) in [6.07, 6.45) is 2.36. The fraction of sp³-hybridized carbons (Fsp3) is 0.500. The lowest BCUT2D eigenvalue weighted by atomic mass is 9.62. The molecule has 0 bridgehead atoms. The Bertz CT molecular complexity index is 494. The molecule has 0 aliphatic heterocycles. The molecule has 1 aromatic carbocycles. The summed E-state index contributed by atoms with van der Waals surface area (Å²) in [7, 11) is 0. The van der Waals surface area contributed by atoms with Crippen LogP contribution in [0.15, 0.2) is 30.3 Å². The van der Waals surface area contributed by atoms with Crippen LogP contribution in [0.2, 0.25) is 0 Å². The molecule has 1 aromatic rings. The summed E-state index contributed by atoms with van der Waals surface area (Å²) in [6, 6.07) is 10.2. The summed E-state index contributed by atoms with van der Waals surface area (Å²) in [5.41, 5.74) is 6.40. The minimum Gasteiger partial charge on any atom is -0.392 e. The highest BCUT2D eigenvalue weighted by Crippen LogP contribution is 2.46. The molecule has 1 amide bonds. The summed E-state index contributed by atoms with van der Waals surface area (Å²) in [5.74, 6) is 0.512. The van der Waals surface area contributed by atoms with Gasteiger partial charge in [0.1, 0.15) is 0 Å².